The first-order valence-electron chi connectivity index (χ1n) is 10.2. The van der Waals surface area contributed by atoms with Crippen LogP contribution in [0.3, 0.4) is 0 Å². The first kappa shape index (κ1) is 19.1. The van der Waals surface area contributed by atoms with Gasteiger partial charge in [-0.1, -0.05) is 54.6 Å². The minimum Gasteiger partial charge on any atom is -0.267 e. The third-order valence-corrected chi connectivity index (χ3v) is 5.53. The first-order chi connectivity index (χ1) is 15.1. The van der Waals surface area contributed by atoms with Crippen LogP contribution in [0.5, 0.6) is 0 Å². The van der Waals surface area contributed by atoms with E-state index in [0.717, 1.165) is 22.2 Å². The fourth-order valence-electron chi connectivity index (χ4n) is 3.92. The lowest BCUT2D eigenvalue weighted by Crippen LogP contribution is -2.24. The molecule has 0 aliphatic carbocycles. The lowest BCUT2D eigenvalue weighted by Gasteiger charge is -2.11. The summed E-state index contributed by atoms with van der Waals surface area (Å²) in [5.74, 6) is -0.337. The minimum atomic E-state index is -0.337. The van der Waals surface area contributed by atoms with Crippen LogP contribution < -0.4 is 5.56 Å². The number of para-hydroxylation sites is 1. The number of rotatable bonds is 4. The largest absolute Gasteiger partial charge is 0.275 e. The molecule has 0 unspecified atom stereocenters. The van der Waals surface area contributed by atoms with Crippen LogP contribution in [0.15, 0.2) is 83.8 Å². The number of fused-ring (bicyclic) bond motifs is 2. The number of benzene rings is 3. The minimum absolute atomic E-state index is 0.228. The molecule has 5 rings (SSSR count). The van der Waals surface area contributed by atoms with Gasteiger partial charge in [-0.05, 0) is 36.2 Å². The molecule has 5 heteroatoms. The van der Waals surface area contributed by atoms with Gasteiger partial charge in [-0.25, -0.2) is 9.07 Å². The van der Waals surface area contributed by atoms with E-state index in [9.17, 15) is 9.18 Å². The van der Waals surface area contributed by atoms with Crippen molar-refractivity contribution in [3.8, 4) is 11.1 Å². The van der Waals surface area contributed by atoms with Crippen molar-refractivity contribution in [2.45, 2.75) is 19.9 Å². The topological polar surface area (TPSA) is 47.8 Å². The van der Waals surface area contributed by atoms with Crippen molar-refractivity contribution in [1.29, 1.82) is 0 Å². The van der Waals surface area contributed by atoms with Crippen molar-refractivity contribution >= 4 is 21.7 Å². The highest BCUT2D eigenvalue weighted by molar-refractivity contribution is 5.95. The second-order valence-electron chi connectivity index (χ2n) is 7.67. The Balaban J connectivity index is 1.54. The zero-order valence-corrected chi connectivity index (χ0v) is 17.0. The van der Waals surface area contributed by atoms with Crippen molar-refractivity contribution in [2.24, 2.45) is 0 Å². The Labute approximate surface area is 178 Å². The van der Waals surface area contributed by atoms with Gasteiger partial charge in [0, 0.05) is 28.5 Å². The maximum absolute atomic E-state index is 14.7. The molecule has 0 N–H and O–H groups in total. The summed E-state index contributed by atoms with van der Waals surface area (Å²) in [7, 11) is 0. The third-order valence-electron chi connectivity index (χ3n) is 5.53. The Morgan fingerprint density at radius 3 is 2.61 bits per heavy atom. The van der Waals surface area contributed by atoms with E-state index in [0.29, 0.717) is 34.9 Å². The van der Waals surface area contributed by atoms with Crippen molar-refractivity contribution in [3.05, 3.63) is 106 Å². The van der Waals surface area contributed by atoms with E-state index in [1.54, 1.807) is 18.3 Å². The van der Waals surface area contributed by atoms with Crippen molar-refractivity contribution < 1.29 is 4.39 Å². The smallest absolute Gasteiger partial charge is 0.267 e. The zero-order chi connectivity index (χ0) is 21.4. The molecule has 31 heavy (non-hydrogen) atoms. The van der Waals surface area contributed by atoms with E-state index in [1.165, 1.54) is 10.7 Å². The van der Waals surface area contributed by atoms with E-state index in [4.69, 9.17) is 0 Å². The molecule has 0 radical (unpaired) electrons. The summed E-state index contributed by atoms with van der Waals surface area (Å²) < 4.78 is 16.1. The van der Waals surface area contributed by atoms with Gasteiger partial charge in [0.05, 0.1) is 23.6 Å². The van der Waals surface area contributed by atoms with Crippen molar-refractivity contribution in [2.75, 3.05) is 0 Å². The fraction of sp³-hybridized carbons (Fsp3) is 0.115. The average molecular weight is 409 g/mol. The third kappa shape index (κ3) is 3.59. The highest BCUT2D eigenvalue weighted by Gasteiger charge is 2.14. The second-order valence-corrected chi connectivity index (χ2v) is 7.67. The fourth-order valence-corrected chi connectivity index (χ4v) is 3.92. The van der Waals surface area contributed by atoms with Gasteiger partial charge in [0.25, 0.3) is 5.56 Å². The zero-order valence-electron chi connectivity index (χ0n) is 17.0. The van der Waals surface area contributed by atoms with E-state index in [-0.39, 0.29) is 11.4 Å². The Bertz CT molecular complexity index is 1490. The van der Waals surface area contributed by atoms with E-state index in [2.05, 4.69) is 10.1 Å². The van der Waals surface area contributed by atoms with E-state index < -0.39 is 0 Å². The Morgan fingerprint density at radius 1 is 0.903 bits per heavy atom. The molecule has 4 nitrogen and oxygen atoms in total. The molecule has 0 spiro atoms. The summed E-state index contributed by atoms with van der Waals surface area (Å²) in [6, 6.07) is 22.4. The Morgan fingerprint density at radius 2 is 1.74 bits per heavy atom. The number of halogens is 1. The van der Waals surface area contributed by atoms with Crippen LogP contribution in [0.25, 0.3) is 32.8 Å². The van der Waals surface area contributed by atoms with Crippen LogP contribution in [0.4, 0.5) is 4.39 Å². The van der Waals surface area contributed by atoms with Crippen LogP contribution in [-0.2, 0) is 13.0 Å². The van der Waals surface area contributed by atoms with Gasteiger partial charge >= 0.3 is 0 Å². The summed E-state index contributed by atoms with van der Waals surface area (Å²) in [4.78, 5) is 18.0. The predicted octanol–water partition coefficient (Wildman–Crippen LogP) is 5.30. The Hall–Kier alpha value is -3.86. The quantitative estimate of drug-likeness (QED) is 0.405. The lowest BCUT2D eigenvalue weighted by molar-refractivity contribution is 0.580. The highest BCUT2D eigenvalue weighted by Crippen LogP contribution is 2.28. The molecule has 5 aromatic rings. The number of hydrogen-bond donors (Lipinski definition) is 0. The van der Waals surface area contributed by atoms with Gasteiger partial charge in [0.1, 0.15) is 5.82 Å². The van der Waals surface area contributed by atoms with Gasteiger partial charge in [-0.3, -0.25) is 9.78 Å². The van der Waals surface area contributed by atoms with Crippen LogP contribution in [-0.4, -0.2) is 14.8 Å². The average Bonchev–Trinajstić information content (AvgIpc) is 2.78. The second kappa shape index (κ2) is 7.76. The number of hydrogen-bond acceptors (Lipinski definition) is 3. The summed E-state index contributed by atoms with van der Waals surface area (Å²) >= 11 is 0. The van der Waals surface area contributed by atoms with Gasteiger partial charge in [-0.15, -0.1) is 0 Å². The van der Waals surface area contributed by atoms with Crippen molar-refractivity contribution in [3.63, 3.8) is 0 Å². The number of nitrogens with zero attached hydrogens (tertiary/aromatic N) is 3. The highest BCUT2D eigenvalue weighted by atomic mass is 19.1. The van der Waals surface area contributed by atoms with Crippen LogP contribution >= 0.6 is 0 Å². The molecule has 2 aromatic heterocycles. The van der Waals surface area contributed by atoms with Gasteiger partial charge in [0.15, 0.2) is 0 Å². The van der Waals surface area contributed by atoms with Gasteiger partial charge in [0.2, 0.25) is 0 Å². The summed E-state index contributed by atoms with van der Waals surface area (Å²) in [6.45, 7) is 2.23. The molecule has 0 aliphatic rings. The molecule has 3 aromatic carbocycles. The molecular weight excluding hydrogens is 389 g/mol. The van der Waals surface area contributed by atoms with E-state index in [1.807, 2.05) is 61.5 Å². The molecule has 2 heterocycles. The Kier molecular flexibility index (Phi) is 4.79. The van der Waals surface area contributed by atoms with E-state index >= 15 is 0 Å². The SMILES string of the molecule is Cc1ccc(-c2cccc3cnn(CCc4ccc5ccccc5n4)c(=O)c23)c(F)c1. The maximum Gasteiger partial charge on any atom is 0.275 e. The van der Waals surface area contributed by atoms with Crippen molar-refractivity contribution in [1.82, 2.24) is 14.8 Å². The van der Waals surface area contributed by atoms with Crippen LogP contribution in [0, 0.1) is 12.7 Å². The summed E-state index contributed by atoms with van der Waals surface area (Å²) in [6.07, 6.45) is 2.24. The standard InChI is InChI=1S/C26H20FN3O/c1-17-9-12-21(23(27)15-17)22-7-4-6-19-16-28-30(26(31)25(19)22)14-13-20-11-10-18-5-2-3-8-24(18)29-20/h2-12,15-16H,13-14H2,1H3. The molecule has 0 aliphatic heterocycles. The number of aromatic nitrogens is 3. The van der Waals surface area contributed by atoms with Gasteiger partial charge < -0.3 is 0 Å². The molecule has 0 atom stereocenters. The molecule has 152 valence electrons. The van der Waals surface area contributed by atoms with Gasteiger partial charge in [-0.2, -0.15) is 5.10 Å². The molecule has 0 fully saturated rings. The summed E-state index contributed by atoms with van der Waals surface area (Å²) in [5.41, 5.74) is 3.43. The summed E-state index contributed by atoms with van der Waals surface area (Å²) in [5, 5.41) is 6.59. The molecule has 0 bridgehead atoms. The molecule has 0 amide bonds. The molecule has 0 saturated carbocycles. The predicted molar refractivity (Wildman–Crippen MR) is 122 cm³/mol. The number of pyridine rings is 1. The maximum atomic E-state index is 14.7. The number of aryl methyl sites for hydroxylation is 3. The lowest BCUT2D eigenvalue weighted by atomic mass is 9.98. The normalized spacial score (nSPS) is 11.3. The van der Waals surface area contributed by atoms with Crippen LogP contribution in [0.2, 0.25) is 0 Å². The van der Waals surface area contributed by atoms with Crippen LogP contribution in [0.1, 0.15) is 11.3 Å². The monoisotopic (exact) mass is 409 g/mol. The molecule has 0 saturated heterocycles. The first-order valence-corrected chi connectivity index (χ1v) is 10.2. The molecular formula is C26H20FN3O.